The van der Waals surface area contributed by atoms with E-state index in [4.69, 9.17) is 5.73 Å². The molecule has 0 fully saturated rings. The van der Waals surface area contributed by atoms with Gasteiger partial charge in [-0.1, -0.05) is 37.3 Å². The minimum atomic E-state index is -0.746. The zero-order valence-corrected chi connectivity index (χ0v) is 15.2. The summed E-state index contributed by atoms with van der Waals surface area (Å²) in [4.78, 5) is 40.0. The highest BCUT2D eigenvalue weighted by Gasteiger charge is 2.22. The molecule has 2 aromatic rings. The molecule has 0 aliphatic heterocycles. The standard InChI is InChI=1S/C20H24N4O3/c1-14(19(21)26)9-10-18(25)24-17(12-15-6-3-2-4-7-15)20(27)23-16-8-5-11-22-13-16/h2-8,11,13-14,17H,9-10,12H2,1H3,(H2,21,26)(H,23,27)(H,24,25)/t14?,17-/m0/s1. The van der Waals surface area contributed by atoms with E-state index in [1.807, 2.05) is 30.3 Å². The van der Waals surface area contributed by atoms with E-state index in [2.05, 4.69) is 15.6 Å². The number of nitrogens with one attached hydrogen (secondary N) is 2. The Labute approximate surface area is 158 Å². The van der Waals surface area contributed by atoms with Gasteiger partial charge < -0.3 is 16.4 Å². The van der Waals surface area contributed by atoms with Gasteiger partial charge in [0.2, 0.25) is 17.7 Å². The predicted molar refractivity (Wildman–Crippen MR) is 103 cm³/mol. The highest BCUT2D eigenvalue weighted by Crippen LogP contribution is 2.09. The third-order valence-corrected chi connectivity index (χ3v) is 4.15. The van der Waals surface area contributed by atoms with Crippen LogP contribution in [0.1, 0.15) is 25.3 Å². The number of pyridine rings is 1. The molecule has 1 heterocycles. The molecule has 1 aromatic carbocycles. The van der Waals surface area contributed by atoms with Gasteiger partial charge in [0.25, 0.3) is 0 Å². The van der Waals surface area contributed by atoms with Crippen molar-refractivity contribution in [3.8, 4) is 0 Å². The van der Waals surface area contributed by atoms with Crippen LogP contribution in [0.4, 0.5) is 5.69 Å². The fraction of sp³-hybridized carbons (Fsp3) is 0.300. The second kappa shape index (κ2) is 10.1. The Kier molecular flexibility index (Phi) is 7.49. The Bertz CT molecular complexity index is 765. The maximum atomic E-state index is 12.7. The number of nitrogens with two attached hydrogens (primary N) is 1. The molecular weight excluding hydrogens is 344 g/mol. The van der Waals surface area contributed by atoms with E-state index in [-0.39, 0.29) is 18.2 Å². The first-order valence-electron chi connectivity index (χ1n) is 8.79. The van der Waals surface area contributed by atoms with Gasteiger partial charge in [0, 0.05) is 25.0 Å². The highest BCUT2D eigenvalue weighted by molar-refractivity contribution is 5.97. The van der Waals surface area contributed by atoms with E-state index in [0.29, 0.717) is 18.5 Å². The first-order chi connectivity index (χ1) is 13.0. The maximum Gasteiger partial charge on any atom is 0.247 e. The number of benzene rings is 1. The largest absolute Gasteiger partial charge is 0.369 e. The normalized spacial score (nSPS) is 12.6. The number of amides is 3. The molecule has 0 aliphatic carbocycles. The minimum Gasteiger partial charge on any atom is -0.369 e. The van der Waals surface area contributed by atoms with Crippen LogP contribution in [0.5, 0.6) is 0 Å². The Hall–Kier alpha value is -3.22. The van der Waals surface area contributed by atoms with Gasteiger partial charge in [0.05, 0.1) is 11.9 Å². The third kappa shape index (κ3) is 6.89. The molecule has 0 saturated carbocycles. The van der Waals surface area contributed by atoms with E-state index in [9.17, 15) is 14.4 Å². The second-order valence-electron chi connectivity index (χ2n) is 6.38. The van der Waals surface area contributed by atoms with Crippen molar-refractivity contribution in [1.82, 2.24) is 10.3 Å². The Morgan fingerprint density at radius 3 is 2.48 bits per heavy atom. The number of carbonyl (C=O) groups excluding carboxylic acids is 3. The molecule has 142 valence electrons. The number of hydrogen-bond acceptors (Lipinski definition) is 4. The molecule has 7 nitrogen and oxygen atoms in total. The van der Waals surface area contributed by atoms with E-state index in [1.165, 1.54) is 6.20 Å². The average molecular weight is 368 g/mol. The quantitative estimate of drug-likeness (QED) is 0.624. The summed E-state index contributed by atoms with van der Waals surface area (Å²) in [6, 6.07) is 12.1. The Morgan fingerprint density at radius 1 is 1.11 bits per heavy atom. The van der Waals surface area contributed by atoms with E-state index in [0.717, 1.165) is 5.56 Å². The smallest absolute Gasteiger partial charge is 0.247 e. The van der Waals surface area contributed by atoms with Crippen LogP contribution >= 0.6 is 0 Å². The summed E-state index contributed by atoms with van der Waals surface area (Å²) in [5, 5.41) is 5.52. The number of primary amides is 1. The number of rotatable bonds is 9. The van der Waals surface area contributed by atoms with Gasteiger partial charge in [-0.15, -0.1) is 0 Å². The van der Waals surface area contributed by atoms with Crippen molar-refractivity contribution in [3.63, 3.8) is 0 Å². The minimum absolute atomic E-state index is 0.121. The summed E-state index contributed by atoms with van der Waals surface area (Å²) >= 11 is 0. The number of nitrogens with zero attached hydrogens (tertiary/aromatic N) is 1. The van der Waals surface area contributed by atoms with Crippen LogP contribution in [-0.2, 0) is 20.8 Å². The number of aromatic nitrogens is 1. The summed E-state index contributed by atoms with van der Waals surface area (Å²) in [5.41, 5.74) is 6.70. The molecule has 0 aliphatic rings. The molecule has 2 atom stereocenters. The van der Waals surface area contributed by atoms with Crippen molar-refractivity contribution in [1.29, 1.82) is 0 Å². The van der Waals surface area contributed by atoms with Crippen LogP contribution in [-0.4, -0.2) is 28.7 Å². The molecule has 0 radical (unpaired) electrons. The first-order valence-corrected chi connectivity index (χ1v) is 8.79. The van der Waals surface area contributed by atoms with Gasteiger partial charge in [-0.3, -0.25) is 19.4 Å². The fourth-order valence-corrected chi connectivity index (χ4v) is 2.48. The zero-order chi connectivity index (χ0) is 19.6. The SMILES string of the molecule is CC(CCC(=O)N[C@@H](Cc1ccccc1)C(=O)Nc1cccnc1)C(N)=O. The second-order valence-corrected chi connectivity index (χ2v) is 6.38. The molecule has 1 unspecified atom stereocenters. The molecule has 27 heavy (non-hydrogen) atoms. The zero-order valence-electron chi connectivity index (χ0n) is 15.2. The Balaban J connectivity index is 2.03. The van der Waals surface area contributed by atoms with Crippen molar-refractivity contribution >= 4 is 23.4 Å². The molecule has 0 bridgehead atoms. The average Bonchev–Trinajstić information content (AvgIpc) is 2.67. The third-order valence-electron chi connectivity index (χ3n) is 4.15. The molecule has 0 saturated heterocycles. The van der Waals surface area contributed by atoms with Gasteiger partial charge in [-0.2, -0.15) is 0 Å². The molecule has 2 rings (SSSR count). The molecule has 3 amide bonds. The Morgan fingerprint density at radius 2 is 1.85 bits per heavy atom. The van der Waals surface area contributed by atoms with Crippen LogP contribution in [0.3, 0.4) is 0 Å². The number of anilines is 1. The van der Waals surface area contributed by atoms with Crippen LogP contribution in [0, 0.1) is 5.92 Å². The molecule has 4 N–H and O–H groups in total. The molecule has 1 aromatic heterocycles. The lowest BCUT2D eigenvalue weighted by Gasteiger charge is -2.19. The maximum absolute atomic E-state index is 12.7. The van der Waals surface area contributed by atoms with Gasteiger partial charge >= 0.3 is 0 Å². The van der Waals surface area contributed by atoms with E-state index >= 15 is 0 Å². The topological polar surface area (TPSA) is 114 Å². The van der Waals surface area contributed by atoms with Gasteiger partial charge in [0.1, 0.15) is 6.04 Å². The lowest BCUT2D eigenvalue weighted by molar-refractivity contribution is -0.127. The van der Waals surface area contributed by atoms with Crippen molar-refractivity contribution < 1.29 is 14.4 Å². The summed E-state index contributed by atoms with van der Waals surface area (Å²) in [6.07, 6.45) is 3.95. The summed E-state index contributed by atoms with van der Waals surface area (Å²) in [6.45, 7) is 1.67. The number of carbonyl (C=O) groups is 3. The molecule has 7 heteroatoms. The summed E-state index contributed by atoms with van der Waals surface area (Å²) < 4.78 is 0. The molecular formula is C20H24N4O3. The van der Waals surface area contributed by atoms with Gasteiger partial charge in [-0.05, 0) is 24.1 Å². The van der Waals surface area contributed by atoms with E-state index < -0.39 is 17.9 Å². The van der Waals surface area contributed by atoms with Crippen LogP contribution in [0.2, 0.25) is 0 Å². The molecule has 0 spiro atoms. The van der Waals surface area contributed by atoms with Gasteiger partial charge in [-0.25, -0.2) is 0 Å². The fourth-order valence-electron chi connectivity index (χ4n) is 2.48. The van der Waals surface area contributed by atoms with Crippen molar-refractivity contribution in [2.45, 2.75) is 32.2 Å². The van der Waals surface area contributed by atoms with E-state index in [1.54, 1.807) is 25.3 Å². The van der Waals surface area contributed by atoms with Crippen LogP contribution in [0.25, 0.3) is 0 Å². The van der Waals surface area contributed by atoms with Crippen LogP contribution in [0.15, 0.2) is 54.9 Å². The van der Waals surface area contributed by atoms with Crippen molar-refractivity contribution in [3.05, 3.63) is 60.4 Å². The summed E-state index contributed by atoms with van der Waals surface area (Å²) in [5.74, 6) is -1.47. The lowest BCUT2D eigenvalue weighted by atomic mass is 10.0. The van der Waals surface area contributed by atoms with Crippen molar-refractivity contribution in [2.24, 2.45) is 11.7 Å². The lowest BCUT2D eigenvalue weighted by Crippen LogP contribution is -2.45. The van der Waals surface area contributed by atoms with Gasteiger partial charge in [0.15, 0.2) is 0 Å². The number of hydrogen-bond donors (Lipinski definition) is 3. The highest BCUT2D eigenvalue weighted by atomic mass is 16.2. The first kappa shape index (κ1) is 20.1. The van der Waals surface area contributed by atoms with Crippen molar-refractivity contribution in [2.75, 3.05) is 5.32 Å². The monoisotopic (exact) mass is 368 g/mol. The predicted octanol–water partition coefficient (Wildman–Crippen LogP) is 1.65. The van der Waals surface area contributed by atoms with Crippen LogP contribution < -0.4 is 16.4 Å². The summed E-state index contributed by atoms with van der Waals surface area (Å²) in [7, 11) is 0.